The van der Waals surface area contributed by atoms with Crippen LogP contribution in [0.2, 0.25) is 0 Å². The number of carbonyl (C=O) groups is 1. The summed E-state index contributed by atoms with van der Waals surface area (Å²) in [4.78, 5) is 12.1. The molecule has 1 aromatic heterocycles. The molecule has 3 heteroatoms. The Bertz CT molecular complexity index is 629. The Balaban J connectivity index is 2.69. The van der Waals surface area contributed by atoms with Crippen molar-refractivity contribution in [1.29, 1.82) is 0 Å². The number of fused-ring (bicyclic) bond motifs is 1. The Hall–Kier alpha value is -1.77. The molecule has 0 bridgehead atoms. The van der Waals surface area contributed by atoms with E-state index in [4.69, 9.17) is 9.15 Å². The number of carbonyl (C=O) groups excluding carboxylic acids is 1. The normalized spacial score (nSPS) is 11.8. The second-order valence-electron chi connectivity index (χ2n) is 6.10. The highest BCUT2D eigenvalue weighted by Crippen LogP contribution is 2.32. The average Bonchev–Trinajstić information content (AvgIpc) is 2.74. The molecule has 0 spiro atoms. The first kappa shape index (κ1) is 14.6. The minimum absolute atomic E-state index is 0.0315. The largest absolute Gasteiger partial charge is 0.465 e. The van der Waals surface area contributed by atoms with E-state index in [0.717, 1.165) is 29.6 Å². The maximum atomic E-state index is 12.1. The molecule has 0 aliphatic carbocycles. The number of furan rings is 1. The van der Waals surface area contributed by atoms with Crippen LogP contribution in [0.25, 0.3) is 11.0 Å². The van der Waals surface area contributed by atoms with Crippen LogP contribution in [0.4, 0.5) is 0 Å². The van der Waals surface area contributed by atoms with Gasteiger partial charge in [0, 0.05) is 11.8 Å². The molecule has 0 aliphatic heterocycles. The number of hydrogen-bond donors (Lipinski definition) is 0. The fourth-order valence-electron chi connectivity index (χ4n) is 2.34. The van der Waals surface area contributed by atoms with E-state index in [9.17, 15) is 4.79 Å². The van der Waals surface area contributed by atoms with Gasteiger partial charge in [0.05, 0.1) is 7.11 Å². The summed E-state index contributed by atoms with van der Waals surface area (Å²) in [5.74, 6) is 0.402. The molecule has 0 atom stereocenters. The molecule has 0 saturated carbocycles. The van der Waals surface area contributed by atoms with Gasteiger partial charge < -0.3 is 9.15 Å². The Labute approximate surface area is 119 Å². The van der Waals surface area contributed by atoms with Gasteiger partial charge in [-0.15, -0.1) is 0 Å². The molecular formula is C17H22O3. The number of esters is 1. The minimum Gasteiger partial charge on any atom is -0.465 e. The predicted octanol–water partition coefficient (Wildman–Crippen LogP) is 4.47. The van der Waals surface area contributed by atoms with E-state index in [2.05, 4.69) is 33.8 Å². The van der Waals surface area contributed by atoms with Gasteiger partial charge >= 0.3 is 5.97 Å². The number of rotatable bonds is 3. The Kier molecular flexibility index (Phi) is 3.89. The third-order valence-electron chi connectivity index (χ3n) is 3.49. The van der Waals surface area contributed by atoms with Gasteiger partial charge in [-0.1, -0.05) is 33.8 Å². The quantitative estimate of drug-likeness (QED) is 0.775. The van der Waals surface area contributed by atoms with E-state index in [1.54, 1.807) is 0 Å². The lowest BCUT2D eigenvalue weighted by Crippen LogP contribution is -2.11. The predicted molar refractivity (Wildman–Crippen MR) is 80.2 cm³/mol. The molecule has 20 heavy (non-hydrogen) atoms. The third kappa shape index (κ3) is 2.58. The van der Waals surface area contributed by atoms with Gasteiger partial charge in [0.1, 0.15) is 16.9 Å². The van der Waals surface area contributed by atoms with E-state index in [-0.39, 0.29) is 11.4 Å². The van der Waals surface area contributed by atoms with E-state index in [0.29, 0.717) is 5.56 Å². The molecule has 0 N–H and O–H groups in total. The number of ether oxygens (including phenoxy) is 1. The van der Waals surface area contributed by atoms with Crippen molar-refractivity contribution in [3.63, 3.8) is 0 Å². The molecular weight excluding hydrogens is 252 g/mol. The maximum Gasteiger partial charge on any atom is 0.342 e. The van der Waals surface area contributed by atoms with Gasteiger partial charge in [-0.2, -0.15) is 0 Å². The van der Waals surface area contributed by atoms with Crippen LogP contribution in [0.5, 0.6) is 0 Å². The summed E-state index contributed by atoms with van der Waals surface area (Å²) < 4.78 is 10.7. The summed E-state index contributed by atoms with van der Waals surface area (Å²) in [7, 11) is 1.41. The lowest BCUT2D eigenvalue weighted by atomic mass is 9.86. The molecule has 2 aromatic rings. The van der Waals surface area contributed by atoms with Crippen molar-refractivity contribution < 1.29 is 13.9 Å². The van der Waals surface area contributed by atoms with Crippen molar-refractivity contribution >= 4 is 16.9 Å². The molecule has 2 rings (SSSR count). The average molecular weight is 274 g/mol. The van der Waals surface area contributed by atoms with Crippen LogP contribution in [0.3, 0.4) is 0 Å². The van der Waals surface area contributed by atoms with Gasteiger partial charge in [-0.3, -0.25) is 0 Å². The molecule has 108 valence electrons. The lowest BCUT2D eigenvalue weighted by Gasteiger charge is -2.18. The summed E-state index contributed by atoms with van der Waals surface area (Å²) in [5.41, 5.74) is 2.54. The SMILES string of the molecule is CCCc1oc2ccc(C(C)(C)C)cc2c1C(=O)OC. The third-order valence-corrected chi connectivity index (χ3v) is 3.49. The van der Waals surface area contributed by atoms with Crippen molar-refractivity contribution in [3.05, 3.63) is 35.1 Å². The minimum atomic E-state index is -0.321. The first-order valence-electron chi connectivity index (χ1n) is 7.02. The van der Waals surface area contributed by atoms with Gasteiger partial charge in [-0.05, 0) is 29.5 Å². The van der Waals surface area contributed by atoms with Gasteiger partial charge in [-0.25, -0.2) is 4.79 Å². The second kappa shape index (κ2) is 5.31. The highest BCUT2D eigenvalue weighted by molar-refractivity contribution is 6.04. The van der Waals surface area contributed by atoms with Crippen LogP contribution in [-0.2, 0) is 16.6 Å². The Morgan fingerprint density at radius 3 is 2.55 bits per heavy atom. The molecule has 0 aliphatic rings. The molecule has 0 unspecified atom stereocenters. The summed E-state index contributed by atoms with van der Waals surface area (Å²) in [6, 6.07) is 6.05. The van der Waals surface area contributed by atoms with Crippen molar-refractivity contribution in [2.75, 3.05) is 7.11 Å². The van der Waals surface area contributed by atoms with E-state index in [1.807, 2.05) is 12.1 Å². The van der Waals surface area contributed by atoms with Crippen molar-refractivity contribution in [1.82, 2.24) is 0 Å². The van der Waals surface area contributed by atoms with Crippen LogP contribution in [0.15, 0.2) is 22.6 Å². The molecule has 0 radical (unpaired) electrons. The summed E-state index contributed by atoms with van der Waals surface area (Å²) >= 11 is 0. The first-order chi connectivity index (χ1) is 9.38. The summed E-state index contributed by atoms with van der Waals surface area (Å²) in [6.07, 6.45) is 1.67. The van der Waals surface area contributed by atoms with E-state index < -0.39 is 0 Å². The smallest absolute Gasteiger partial charge is 0.342 e. The highest BCUT2D eigenvalue weighted by atomic mass is 16.5. The molecule has 1 heterocycles. The second-order valence-corrected chi connectivity index (χ2v) is 6.10. The standard InChI is InChI=1S/C17H22O3/c1-6-7-14-15(16(18)19-5)12-10-11(17(2,3)4)8-9-13(12)20-14/h8-10H,6-7H2,1-5H3. The summed E-state index contributed by atoms with van der Waals surface area (Å²) in [5, 5.41) is 0.854. The van der Waals surface area contributed by atoms with Crippen LogP contribution >= 0.6 is 0 Å². The van der Waals surface area contributed by atoms with Crippen LogP contribution in [0.1, 0.15) is 55.8 Å². The van der Waals surface area contributed by atoms with E-state index >= 15 is 0 Å². The first-order valence-corrected chi connectivity index (χ1v) is 7.02. The van der Waals surface area contributed by atoms with Gasteiger partial charge in [0.15, 0.2) is 0 Å². The van der Waals surface area contributed by atoms with Gasteiger partial charge in [0.2, 0.25) is 0 Å². The monoisotopic (exact) mass is 274 g/mol. The van der Waals surface area contributed by atoms with Gasteiger partial charge in [0.25, 0.3) is 0 Å². The van der Waals surface area contributed by atoms with Crippen LogP contribution < -0.4 is 0 Å². The van der Waals surface area contributed by atoms with Crippen molar-refractivity contribution in [2.45, 2.75) is 46.0 Å². The Morgan fingerprint density at radius 1 is 1.30 bits per heavy atom. The van der Waals surface area contributed by atoms with E-state index in [1.165, 1.54) is 12.7 Å². The van der Waals surface area contributed by atoms with Crippen LogP contribution in [-0.4, -0.2) is 13.1 Å². The molecule has 0 fully saturated rings. The zero-order chi connectivity index (χ0) is 14.9. The fraction of sp³-hybridized carbons (Fsp3) is 0.471. The van der Waals surface area contributed by atoms with Crippen molar-refractivity contribution in [2.24, 2.45) is 0 Å². The molecule has 0 saturated heterocycles. The van der Waals surface area contributed by atoms with Crippen molar-refractivity contribution in [3.8, 4) is 0 Å². The fourth-order valence-corrected chi connectivity index (χ4v) is 2.34. The molecule has 3 nitrogen and oxygen atoms in total. The molecule has 1 aromatic carbocycles. The number of benzene rings is 1. The lowest BCUT2D eigenvalue weighted by molar-refractivity contribution is 0.0600. The zero-order valence-corrected chi connectivity index (χ0v) is 12.9. The number of methoxy groups -OCH3 is 1. The zero-order valence-electron chi connectivity index (χ0n) is 12.9. The van der Waals surface area contributed by atoms with Crippen LogP contribution in [0, 0.1) is 0 Å². The number of aryl methyl sites for hydroxylation is 1. The Morgan fingerprint density at radius 2 is 2.00 bits per heavy atom. The maximum absolute atomic E-state index is 12.1. The number of hydrogen-bond acceptors (Lipinski definition) is 3. The summed E-state index contributed by atoms with van der Waals surface area (Å²) in [6.45, 7) is 8.52. The molecule has 0 amide bonds. The highest BCUT2D eigenvalue weighted by Gasteiger charge is 2.23. The topological polar surface area (TPSA) is 39.4 Å².